The van der Waals surface area contributed by atoms with E-state index in [-0.39, 0.29) is 11.9 Å². The van der Waals surface area contributed by atoms with Gasteiger partial charge in [-0.25, -0.2) is 9.59 Å². The maximum atomic E-state index is 12.7. The number of amides is 1. The zero-order chi connectivity index (χ0) is 32.8. The predicted molar refractivity (Wildman–Crippen MR) is 181 cm³/mol. The van der Waals surface area contributed by atoms with Crippen molar-refractivity contribution in [3.8, 4) is 17.2 Å². The SMILES string of the molecule is CCCCCCCCCCOc1ccc(C(=O)Oc2ccc(OC(=O)N3CCC(C(=O)OCCCCCCCC)CC3)cc2)cc1. The highest BCUT2D eigenvalue weighted by atomic mass is 16.6. The molecule has 0 unspecified atom stereocenters. The molecule has 0 N–H and O–H groups in total. The molecule has 2 aromatic rings. The largest absolute Gasteiger partial charge is 0.494 e. The van der Waals surface area contributed by atoms with Crippen molar-refractivity contribution < 1.29 is 33.3 Å². The third-order valence-corrected chi connectivity index (χ3v) is 8.42. The Morgan fingerprint density at radius 2 is 1.09 bits per heavy atom. The molecule has 1 fully saturated rings. The van der Waals surface area contributed by atoms with E-state index in [2.05, 4.69) is 13.8 Å². The number of benzene rings is 2. The topological polar surface area (TPSA) is 91.4 Å². The van der Waals surface area contributed by atoms with Crippen molar-refractivity contribution in [3.63, 3.8) is 0 Å². The molecular weight excluding hydrogens is 582 g/mol. The van der Waals surface area contributed by atoms with Gasteiger partial charge in [-0.2, -0.15) is 0 Å². The number of hydrogen-bond acceptors (Lipinski definition) is 7. The molecule has 0 aromatic heterocycles. The first kappa shape index (κ1) is 36.9. The monoisotopic (exact) mass is 637 g/mol. The van der Waals surface area contributed by atoms with E-state index in [1.54, 1.807) is 53.4 Å². The average molecular weight is 638 g/mol. The smallest absolute Gasteiger partial charge is 0.415 e. The van der Waals surface area contributed by atoms with Gasteiger partial charge in [-0.15, -0.1) is 0 Å². The van der Waals surface area contributed by atoms with E-state index in [1.165, 1.54) is 70.6 Å². The van der Waals surface area contributed by atoms with Crippen molar-refractivity contribution in [2.45, 2.75) is 117 Å². The van der Waals surface area contributed by atoms with Crippen LogP contribution >= 0.6 is 0 Å². The van der Waals surface area contributed by atoms with E-state index in [0.717, 1.165) is 25.0 Å². The van der Waals surface area contributed by atoms with Crippen molar-refractivity contribution >= 4 is 18.0 Å². The number of ether oxygens (including phenoxy) is 4. The second kappa shape index (κ2) is 22.1. The zero-order valence-electron chi connectivity index (χ0n) is 28.1. The summed E-state index contributed by atoms with van der Waals surface area (Å²) in [5.74, 6) is 0.612. The second-order valence-electron chi connectivity index (χ2n) is 12.3. The van der Waals surface area contributed by atoms with Gasteiger partial charge in [0.2, 0.25) is 0 Å². The van der Waals surface area contributed by atoms with Gasteiger partial charge in [-0.3, -0.25) is 4.79 Å². The third kappa shape index (κ3) is 14.3. The number of unbranched alkanes of at least 4 members (excludes halogenated alkanes) is 12. The minimum absolute atomic E-state index is 0.162. The van der Waals surface area contributed by atoms with Crippen LogP contribution in [0.2, 0.25) is 0 Å². The summed E-state index contributed by atoms with van der Waals surface area (Å²) >= 11 is 0. The maximum absolute atomic E-state index is 12.7. The fourth-order valence-corrected chi connectivity index (χ4v) is 5.49. The Balaban J connectivity index is 1.30. The Labute approximate surface area is 276 Å². The summed E-state index contributed by atoms with van der Waals surface area (Å²) in [5, 5.41) is 0. The summed E-state index contributed by atoms with van der Waals surface area (Å²) in [7, 11) is 0. The number of likely N-dealkylation sites (tertiary alicyclic amines) is 1. The minimum atomic E-state index is -0.479. The molecule has 0 radical (unpaired) electrons. The van der Waals surface area contributed by atoms with Crippen molar-refractivity contribution in [3.05, 3.63) is 54.1 Å². The first-order valence-electron chi connectivity index (χ1n) is 17.7. The first-order valence-corrected chi connectivity index (χ1v) is 17.7. The number of nitrogens with zero attached hydrogens (tertiary/aromatic N) is 1. The van der Waals surface area contributed by atoms with Crippen LogP contribution in [0.1, 0.15) is 127 Å². The van der Waals surface area contributed by atoms with Crippen LogP contribution in [0.15, 0.2) is 48.5 Å². The number of esters is 2. The molecule has 3 rings (SSSR count). The van der Waals surface area contributed by atoms with Crippen molar-refractivity contribution in [1.29, 1.82) is 0 Å². The summed E-state index contributed by atoms with van der Waals surface area (Å²) in [6.07, 6.45) is 17.6. The normalized spacial score (nSPS) is 13.3. The molecule has 1 amide bonds. The fourth-order valence-electron chi connectivity index (χ4n) is 5.49. The zero-order valence-corrected chi connectivity index (χ0v) is 28.1. The van der Waals surface area contributed by atoms with E-state index < -0.39 is 12.1 Å². The minimum Gasteiger partial charge on any atom is -0.494 e. The van der Waals surface area contributed by atoms with Gasteiger partial charge in [-0.05, 0) is 74.2 Å². The second-order valence-corrected chi connectivity index (χ2v) is 12.3. The van der Waals surface area contributed by atoms with Crippen LogP contribution in [0.3, 0.4) is 0 Å². The van der Waals surface area contributed by atoms with Crippen LogP contribution in [0.25, 0.3) is 0 Å². The van der Waals surface area contributed by atoms with Crippen molar-refractivity contribution in [2.75, 3.05) is 26.3 Å². The highest BCUT2D eigenvalue weighted by molar-refractivity contribution is 5.91. The van der Waals surface area contributed by atoms with Crippen LogP contribution in [0.4, 0.5) is 4.79 Å². The average Bonchev–Trinajstić information content (AvgIpc) is 3.08. The molecule has 254 valence electrons. The standard InChI is InChI=1S/C38H55NO7/c1-3-5-7-9-11-12-14-15-29-43-33-19-17-31(18-20-33)37(41)45-34-21-23-35(24-22-34)46-38(42)39-27-25-32(26-28-39)36(40)44-30-16-13-10-8-6-4-2/h17-24,32H,3-16,25-30H2,1-2H3. The molecule has 0 atom stereocenters. The molecule has 1 saturated heterocycles. The lowest BCUT2D eigenvalue weighted by atomic mass is 9.97. The molecule has 2 aromatic carbocycles. The summed E-state index contributed by atoms with van der Waals surface area (Å²) < 4.78 is 22.3. The number of rotatable bonds is 21. The van der Waals surface area contributed by atoms with Gasteiger partial charge in [0.05, 0.1) is 24.7 Å². The van der Waals surface area contributed by atoms with Gasteiger partial charge in [0.1, 0.15) is 17.2 Å². The molecule has 1 aliphatic rings. The number of hydrogen-bond donors (Lipinski definition) is 0. The Bertz CT molecular complexity index is 1140. The van der Waals surface area contributed by atoms with Gasteiger partial charge in [0.25, 0.3) is 0 Å². The maximum Gasteiger partial charge on any atom is 0.415 e. The van der Waals surface area contributed by atoms with Gasteiger partial charge in [-0.1, -0.05) is 90.9 Å². The van der Waals surface area contributed by atoms with E-state index >= 15 is 0 Å². The summed E-state index contributed by atoms with van der Waals surface area (Å²) in [5.41, 5.74) is 0.421. The molecule has 1 aliphatic heterocycles. The van der Waals surface area contributed by atoms with Crippen molar-refractivity contribution in [1.82, 2.24) is 4.90 Å². The Morgan fingerprint density at radius 1 is 0.609 bits per heavy atom. The van der Waals surface area contributed by atoms with E-state index in [0.29, 0.717) is 56.2 Å². The Morgan fingerprint density at radius 3 is 1.65 bits per heavy atom. The molecule has 0 saturated carbocycles. The van der Waals surface area contributed by atoms with Crippen LogP contribution in [0.5, 0.6) is 17.2 Å². The van der Waals surface area contributed by atoms with Gasteiger partial charge in [0.15, 0.2) is 0 Å². The van der Waals surface area contributed by atoms with Gasteiger partial charge in [0, 0.05) is 13.1 Å². The van der Waals surface area contributed by atoms with Crippen LogP contribution in [0, 0.1) is 5.92 Å². The lowest BCUT2D eigenvalue weighted by Gasteiger charge is -2.30. The molecule has 1 heterocycles. The highest BCUT2D eigenvalue weighted by Crippen LogP contribution is 2.23. The molecule has 0 aliphatic carbocycles. The lowest BCUT2D eigenvalue weighted by molar-refractivity contribution is -0.150. The molecule has 8 heteroatoms. The Hall–Kier alpha value is -3.55. The molecular formula is C38H55NO7. The summed E-state index contributed by atoms with van der Waals surface area (Å²) in [6, 6.07) is 13.3. The predicted octanol–water partition coefficient (Wildman–Crippen LogP) is 9.54. The summed E-state index contributed by atoms with van der Waals surface area (Å²) in [4.78, 5) is 39.3. The van der Waals surface area contributed by atoms with Gasteiger partial charge >= 0.3 is 18.0 Å². The Kier molecular flexibility index (Phi) is 17.7. The molecule has 0 bridgehead atoms. The molecule has 8 nitrogen and oxygen atoms in total. The van der Waals surface area contributed by atoms with Crippen LogP contribution in [-0.4, -0.2) is 49.2 Å². The van der Waals surface area contributed by atoms with Gasteiger partial charge < -0.3 is 23.8 Å². The third-order valence-electron chi connectivity index (χ3n) is 8.42. The lowest BCUT2D eigenvalue weighted by Crippen LogP contribution is -2.42. The number of carbonyl (C=O) groups excluding carboxylic acids is 3. The molecule has 0 spiro atoms. The highest BCUT2D eigenvalue weighted by Gasteiger charge is 2.29. The molecule has 46 heavy (non-hydrogen) atoms. The van der Waals surface area contributed by atoms with Crippen molar-refractivity contribution in [2.24, 2.45) is 5.92 Å². The quantitative estimate of drug-likeness (QED) is 0.0765. The van der Waals surface area contributed by atoms with Crippen LogP contribution in [-0.2, 0) is 9.53 Å². The van der Waals surface area contributed by atoms with Crippen LogP contribution < -0.4 is 14.2 Å². The van der Waals surface area contributed by atoms with E-state index in [4.69, 9.17) is 18.9 Å². The number of piperidine rings is 1. The first-order chi connectivity index (χ1) is 22.5. The summed E-state index contributed by atoms with van der Waals surface area (Å²) in [6.45, 7) is 6.45. The van der Waals surface area contributed by atoms with E-state index in [9.17, 15) is 14.4 Å². The number of carbonyl (C=O) groups is 3. The fraction of sp³-hybridized carbons (Fsp3) is 0.605. The van der Waals surface area contributed by atoms with E-state index in [1.807, 2.05) is 0 Å².